The van der Waals surface area contributed by atoms with Gasteiger partial charge in [0, 0.05) is 6.54 Å². The van der Waals surface area contributed by atoms with E-state index in [-0.39, 0.29) is 0 Å². The van der Waals surface area contributed by atoms with Crippen molar-refractivity contribution in [3.05, 3.63) is 12.7 Å². The van der Waals surface area contributed by atoms with Gasteiger partial charge in [0.25, 0.3) is 0 Å². The second kappa shape index (κ2) is 22.9. The average molecular weight is 466 g/mol. The number of carbonyl (C=O) groups excluding carboxylic acids is 1. The van der Waals surface area contributed by atoms with Crippen LogP contribution >= 0.6 is 0 Å². The fourth-order valence-electron chi connectivity index (χ4n) is 2.03. The molecule has 0 aliphatic heterocycles. The minimum atomic E-state index is -0.501. The van der Waals surface area contributed by atoms with Crippen LogP contribution in [0.15, 0.2) is 12.7 Å². The standard InChI is InChI=1S/C22H43NO9/c1-5-7-25-9-11-27-13-15-29-17-19-31-20-18-30-16-14-28-12-10-26-8-6-23-21(24)32-22(2,3)4/h5H,1,6-20H2,2-4H3,(H,23,24). The van der Waals surface area contributed by atoms with Crippen molar-refractivity contribution in [2.24, 2.45) is 0 Å². The van der Waals surface area contributed by atoms with Gasteiger partial charge in [-0.1, -0.05) is 6.08 Å². The number of hydrogen-bond acceptors (Lipinski definition) is 9. The van der Waals surface area contributed by atoms with Crippen LogP contribution in [0.4, 0.5) is 4.79 Å². The maximum atomic E-state index is 11.4. The van der Waals surface area contributed by atoms with E-state index in [9.17, 15) is 4.79 Å². The minimum absolute atomic E-state index is 0.392. The summed E-state index contributed by atoms with van der Waals surface area (Å²) in [5.74, 6) is 0. The SMILES string of the molecule is C=CCOCCOCCOCCOCCOCCOCCOCCNC(=O)OC(C)(C)C. The van der Waals surface area contributed by atoms with E-state index < -0.39 is 11.7 Å². The average Bonchev–Trinajstić information content (AvgIpc) is 2.73. The molecule has 0 aliphatic rings. The Bertz CT molecular complexity index is 430. The number of amides is 1. The van der Waals surface area contributed by atoms with E-state index in [2.05, 4.69) is 11.9 Å². The molecule has 0 bridgehead atoms. The Morgan fingerprint density at radius 2 is 1.00 bits per heavy atom. The van der Waals surface area contributed by atoms with Crippen molar-refractivity contribution in [1.82, 2.24) is 5.32 Å². The first-order valence-electron chi connectivity index (χ1n) is 11.1. The zero-order valence-corrected chi connectivity index (χ0v) is 20.1. The van der Waals surface area contributed by atoms with Gasteiger partial charge in [0.1, 0.15) is 5.60 Å². The van der Waals surface area contributed by atoms with Gasteiger partial charge in [-0.3, -0.25) is 0 Å². The number of ether oxygens (including phenoxy) is 8. The second-order valence-electron chi connectivity index (χ2n) is 7.47. The zero-order chi connectivity index (χ0) is 23.8. The van der Waals surface area contributed by atoms with Crippen LogP contribution in [-0.2, 0) is 37.9 Å². The summed E-state index contributed by atoms with van der Waals surface area (Å²) in [5, 5.41) is 2.62. The first kappa shape index (κ1) is 30.7. The quantitative estimate of drug-likeness (QED) is 0.179. The lowest BCUT2D eigenvalue weighted by Gasteiger charge is -2.19. The van der Waals surface area contributed by atoms with Crippen molar-refractivity contribution in [3.8, 4) is 0 Å². The Morgan fingerprint density at radius 1 is 0.656 bits per heavy atom. The molecule has 1 amide bonds. The van der Waals surface area contributed by atoms with Gasteiger partial charge in [0.2, 0.25) is 0 Å². The molecule has 0 atom stereocenters. The summed E-state index contributed by atoms with van der Waals surface area (Å²) in [6.07, 6.45) is 1.26. The maximum Gasteiger partial charge on any atom is 0.407 e. The van der Waals surface area contributed by atoms with Crippen LogP contribution in [0.2, 0.25) is 0 Å². The topological polar surface area (TPSA) is 103 Å². The summed E-state index contributed by atoms with van der Waals surface area (Å²) in [7, 11) is 0. The normalized spacial score (nSPS) is 11.5. The van der Waals surface area contributed by atoms with Crippen molar-refractivity contribution in [1.29, 1.82) is 0 Å². The first-order valence-corrected chi connectivity index (χ1v) is 11.1. The summed E-state index contributed by atoms with van der Waals surface area (Å²) < 4.78 is 42.6. The predicted octanol–water partition coefficient (Wildman–Crippen LogP) is 1.81. The van der Waals surface area contributed by atoms with Crippen molar-refractivity contribution >= 4 is 6.09 Å². The Hall–Kier alpha value is -1.27. The van der Waals surface area contributed by atoms with Crippen LogP contribution < -0.4 is 5.32 Å². The highest BCUT2D eigenvalue weighted by atomic mass is 16.6. The van der Waals surface area contributed by atoms with Gasteiger partial charge in [-0.15, -0.1) is 6.58 Å². The van der Waals surface area contributed by atoms with Crippen LogP contribution in [0.1, 0.15) is 20.8 Å². The van der Waals surface area contributed by atoms with Gasteiger partial charge >= 0.3 is 6.09 Å². The molecule has 0 rings (SSSR count). The molecule has 0 aromatic carbocycles. The molecule has 32 heavy (non-hydrogen) atoms. The lowest BCUT2D eigenvalue weighted by atomic mass is 10.2. The molecule has 0 saturated carbocycles. The summed E-state index contributed by atoms with van der Waals surface area (Å²) >= 11 is 0. The van der Waals surface area contributed by atoms with E-state index in [1.165, 1.54) is 0 Å². The summed E-state index contributed by atoms with van der Waals surface area (Å²) in [6.45, 7) is 16.5. The molecule has 0 aromatic rings. The van der Waals surface area contributed by atoms with Crippen molar-refractivity contribution in [2.45, 2.75) is 26.4 Å². The fourth-order valence-corrected chi connectivity index (χ4v) is 2.03. The summed E-state index contributed by atoms with van der Waals surface area (Å²) in [4.78, 5) is 11.4. The molecule has 0 unspecified atom stereocenters. The van der Waals surface area contributed by atoms with Crippen LogP contribution in [0.3, 0.4) is 0 Å². The van der Waals surface area contributed by atoms with E-state index in [0.29, 0.717) is 99.0 Å². The molecule has 0 aromatic heterocycles. The monoisotopic (exact) mass is 465 g/mol. The second-order valence-corrected chi connectivity index (χ2v) is 7.47. The Labute approximate surface area is 192 Å². The van der Waals surface area contributed by atoms with E-state index in [1.807, 2.05) is 20.8 Å². The summed E-state index contributed by atoms with van der Waals surface area (Å²) in [5.41, 5.74) is -0.501. The molecule has 0 fully saturated rings. The number of rotatable bonds is 23. The minimum Gasteiger partial charge on any atom is -0.444 e. The Kier molecular flexibility index (Phi) is 22.0. The van der Waals surface area contributed by atoms with E-state index >= 15 is 0 Å². The smallest absolute Gasteiger partial charge is 0.407 e. The molecule has 0 spiro atoms. The van der Waals surface area contributed by atoms with Gasteiger partial charge in [-0.2, -0.15) is 0 Å². The van der Waals surface area contributed by atoms with Gasteiger partial charge in [-0.25, -0.2) is 4.79 Å². The molecular formula is C22H43NO9. The van der Waals surface area contributed by atoms with Gasteiger partial charge in [-0.05, 0) is 20.8 Å². The largest absolute Gasteiger partial charge is 0.444 e. The molecule has 0 radical (unpaired) electrons. The Morgan fingerprint density at radius 3 is 1.34 bits per heavy atom. The molecular weight excluding hydrogens is 422 g/mol. The highest BCUT2D eigenvalue weighted by Crippen LogP contribution is 2.05. The van der Waals surface area contributed by atoms with Gasteiger partial charge in [0.05, 0.1) is 92.5 Å². The number of nitrogens with one attached hydrogen (secondary N) is 1. The van der Waals surface area contributed by atoms with E-state index in [4.69, 9.17) is 37.9 Å². The van der Waals surface area contributed by atoms with Crippen LogP contribution in [0.5, 0.6) is 0 Å². The predicted molar refractivity (Wildman–Crippen MR) is 120 cm³/mol. The van der Waals surface area contributed by atoms with Crippen molar-refractivity contribution in [2.75, 3.05) is 99.0 Å². The molecule has 10 nitrogen and oxygen atoms in total. The third kappa shape index (κ3) is 26.8. The molecule has 190 valence electrons. The number of alkyl carbamates (subject to hydrolysis) is 1. The number of carbonyl (C=O) groups is 1. The summed E-state index contributed by atoms with van der Waals surface area (Å²) in [6, 6.07) is 0. The van der Waals surface area contributed by atoms with Crippen molar-refractivity contribution in [3.63, 3.8) is 0 Å². The van der Waals surface area contributed by atoms with Gasteiger partial charge in [0.15, 0.2) is 0 Å². The third-order valence-electron chi connectivity index (χ3n) is 3.38. The van der Waals surface area contributed by atoms with Crippen molar-refractivity contribution < 1.29 is 42.7 Å². The van der Waals surface area contributed by atoms with Crippen LogP contribution in [0.25, 0.3) is 0 Å². The van der Waals surface area contributed by atoms with Gasteiger partial charge < -0.3 is 43.2 Å². The molecule has 10 heteroatoms. The van der Waals surface area contributed by atoms with Crippen LogP contribution in [-0.4, -0.2) is 111 Å². The lowest BCUT2D eigenvalue weighted by molar-refractivity contribution is -0.0197. The fraction of sp³-hybridized carbons (Fsp3) is 0.864. The number of hydrogen-bond donors (Lipinski definition) is 1. The maximum absolute atomic E-state index is 11.4. The first-order chi connectivity index (χ1) is 15.5. The molecule has 0 aliphatic carbocycles. The highest BCUT2D eigenvalue weighted by Gasteiger charge is 2.15. The Balaban J connectivity index is 3.11. The lowest BCUT2D eigenvalue weighted by Crippen LogP contribution is -2.34. The van der Waals surface area contributed by atoms with E-state index in [0.717, 1.165) is 0 Å². The zero-order valence-electron chi connectivity index (χ0n) is 20.1. The molecule has 0 heterocycles. The third-order valence-corrected chi connectivity index (χ3v) is 3.38. The highest BCUT2D eigenvalue weighted by molar-refractivity contribution is 5.67. The van der Waals surface area contributed by atoms with Crippen LogP contribution in [0, 0.1) is 0 Å². The molecule has 1 N–H and O–H groups in total. The van der Waals surface area contributed by atoms with E-state index in [1.54, 1.807) is 6.08 Å². The molecule has 0 saturated heterocycles.